The van der Waals surface area contributed by atoms with E-state index in [1.54, 1.807) is 0 Å². The topological polar surface area (TPSA) is 52.6 Å². The van der Waals surface area contributed by atoms with E-state index in [-0.39, 0.29) is 17.9 Å². The fourth-order valence-electron chi connectivity index (χ4n) is 6.48. The van der Waals surface area contributed by atoms with Crippen LogP contribution in [0.3, 0.4) is 0 Å². The van der Waals surface area contributed by atoms with Crippen molar-refractivity contribution in [3.63, 3.8) is 0 Å². The molecule has 4 rings (SSSR count). The Kier molecular flexibility index (Phi) is 8.43. The van der Waals surface area contributed by atoms with Gasteiger partial charge in [-0.15, -0.1) is 0 Å². The van der Waals surface area contributed by atoms with Crippen molar-refractivity contribution >= 4 is 5.91 Å². The first-order valence-corrected chi connectivity index (χ1v) is 12.9. The molecule has 0 spiro atoms. The van der Waals surface area contributed by atoms with Crippen molar-refractivity contribution in [2.24, 2.45) is 23.7 Å². The van der Waals surface area contributed by atoms with Crippen LogP contribution in [0.4, 0.5) is 0 Å². The molecule has 31 heavy (non-hydrogen) atoms. The van der Waals surface area contributed by atoms with Gasteiger partial charge in [-0.2, -0.15) is 0 Å². The molecule has 1 saturated heterocycles. The molecule has 1 heterocycles. The molecule has 4 unspecified atom stereocenters. The van der Waals surface area contributed by atoms with Crippen LogP contribution in [0.15, 0.2) is 30.3 Å². The van der Waals surface area contributed by atoms with E-state index in [9.17, 15) is 9.90 Å². The van der Waals surface area contributed by atoms with Crippen LogP contribution in [0.1, 0.15) is 76.2 Å². The maximum atomic E-state index is 12.8. The average Bonchev–Trinajstić information content (AvgIpc) is 2.80. The predicted octanol–water partition coefficient (Wildman–Crippen LogP) is 4.76. The molecule has 4 nitrogen and oxygen atoms in total. The van der Waals surface area contributed by atoms with E-state index >= 15 is 0 Å². The molecule has 172 valence electrons. The maximum absolute atomic E-state index is 12.8. The molecule has 0 bridgehead atoms. The first-order chi connectivity index (χ1) is 15.2. The summed E-state index contributed by atoms with van der Waals surface area (Å²) in [7, 11) is 0. The summed E-state index contributed by atoms with van der Waals surface area (Å²) in [6.07, 6.45) is 12.5. The fraction of sp³-hybridized carbons (Fsp3) is 0.741. The standard InChI is InChI=1S/C27H42N2O2/c30-24(19-21-14-17-29(18-15-21)20-22-7-2-1-3-8-22)13-16-28-27(31)26-12-6-10-23-9-4-5-11-25(23)26/h1-3,7-8,21,23-26,30H,4-6,9-20H2,(H,28,31). The number of rotatable bonds is 8. The molecule has 4 heteroatoms. The Morgan fingerprint density at radius 3 is 2.55 bits per heavy atom. The third-order valence-electron chi connectivity index (χ3n) is 8.25. The van der Waals surface area contributed by atoms with Gasteiger partial charge < -0.3 is 10.4 Å². The summed E-state index contributed by atoms with van der Waals surface area (Å²) in [5.74, 6) is 2.51. The summed E-state index contributed by atoms with van der Waals surface area (Å²) < 4.78 is 0. The maximum Gasteiger partial charge on any atom is 0.223 e. The number of fused-ring (bicyclic) bond motifs is 1. The smallest absolute Gasteiger partial charge is 0.223 e. The molecule has 3 aliphatic rings. The van der Waals surface area contributed by atoms with Crippen LogP contribution in [0.5, 0.6) is 0 Å². The van der Waals surface area contributed by atoms with Crippen molar-refractivity contribution in [2.45, 2.75) is 83.3 Å². The van der Waals surface area contributed by atoms with Crippen LogP contribution in [0.2, 0.25) is 0 Å². The third-order valence-corrected chi connectivity index (χ3v) is 8.25. The first kappa shape index (κ1) is 22.8. The Labute approximate surface area is 188 Å². The highest BCUT2D eigenvalue weighted by Gasteiger charge is 2.38. The minimum absolute atomic E-state index is 0.227. The van der Waals surface area contributed by atoms with E-state index in [0.717, 1.165) is 38.4 Å². The minimum Gasteiger partial charge on any atom is -0.393 e. The molecule has 0 radical (unpaired) electrons. The fourth-order valence-corrected chi connectivity index (χ4v) is 6.48. The number of carbonyl (C=O) groups excluding carboxylic acids is 1. The summed E-state index contributed by atoms with van der Waals surface area (Å²) in [6.45, 7) is 3.90. The average molecular weight is 427 g/mol. The summed E-state index contributed by atoms with van der Waals surface area (Å²) in [5.41, 5.74) is 1.38. The zero-order valence-electron chi connectivity index (χ0n) is 19.2. The molecule has 0 aromatic heterocycles. The number of hydrogen-bond acceptors (Lipinski definition) is 3. The lowest BCUT2D eigenvalue weighted by atomic mass is 9.65. The van der Waals surface area contributed by atoms with E-state index in [1.165, 1.54) is 56.9 Å². The Balaban J connectivity index is 1.12. The van der Waals surface area contributed by atoms with Gasteiger partial charge in [0.2, 0.25) is 5.91 Å². The highest BCUT2D eigenvalue weighted by atomic mass is 16.3. The van der Waals surface area contributed by atoms with Gasteiger partial charge >= 0.3 is 0 Å². The van der Waals surface area contributed by atoms with E-state index < -0.39 is 0 Å². The molecular weight excluding hydrogens is 384 g/mol. The van der Waals surface area contributed by atoms with E-state index in [4.69, 9.17) is 0 Å². The molecule has 4 atom stereocenters. The summed E-state index contributed by atoms with van der Waals surface area (Å²) >= 11 is 0. The highest BCUT2D eigenvalue weighted by Crippen LogP contribution is 2.43. The van der Waals surface area contributed by atoms with E-state index in [0.29, 0.717) is 24.8 Å². The largest absolute Gasteiger partial charge is 0.393 e. The second kappa shape index (κ2) is 11.5. The van der Waals surface area contributed by atoms with Crippen molar-refractivity contribution in [1.29, 1.82) is 0 Å². The number of nitrogens with one attached hydrogen (secondary N) is 1. The van der Waals surface area contributed by atoms with E-state index in [1.807, 2.05) is 0 Å². The first-order valence-electron chi connectivity index (χ1n) is 12.9. The molecule has 3 fully saturated rings. The van der Waals surface area contributed by atoms with Crippen molar-refractivity contribution in [2.75, 3.05) is 19.6 Å². The van der Waals surface area contributed by atoms with Crippen molar-refractivity contribution in [3.8, 4) is 0 Å². The molecular formula is C27H42N2O2. The number of piperidine rings is 1. The molecule has 1 aromatic carbocycles. The van der Waals surface area contributed by atoms with Crippen LogP contribution in [-0.4, -0.2) is 41.7 Å². The zero-order chi connectivity index (χ0) is 21.5. The molecule has 1 aliphatic heterocycles. The number of likely N-dealkylation sites (tertiary alicyclic amines) is 1. The molecule has 1 aromatic rings. The second-order valence-electron chi connectivity index (χ2n) is 10.4. The molecule has 2 N–H and O–H groups in total. The predicted molar refractivity (Wildman–Crippen MR) is 125 cm³/mol. The van der Waals surface area contributed by atoms with Crippen LogP contribution < -0.4 is 5.32 Å². The Morgan fingerprint density at radius 1 is 1.00 bits per heavy atom. The van der Waals surface area contributed by atoms with Gasteiger partial charge in [0.05, 0.1) is 6.10 Å². The second-order valence-corrected chi connectivity index (χ2v) is 10.4. The van der Waals surface area contributed by atoms with Gasteiger partial charge in [-0.25, -0.2) is 0 Å². The van der Waals surface area contributed by atoms with Crippen LogP contribution >= 0.6 is 0 Å². The molecule has 1 amide bonds. The SMILES string of the molecule is O=C(NCCC(O)CC1CCN(Cc2ccccc2)CC1)C1CCCC2CCCCC21. The number of hydrogen-bond donors (Lipinski definition) is 2. The number of aliphatic hydroxyl groups excluding tert-OH is 1. The minimum atomic E-state index is -0.292. The Morgan fingerprint density at radius 2 is 1.74 bits per heavy atom. The Bertz CT molecular complexity index is 669. The highest BCUT2D eigenvalue weighted by molar-refractivity contribution is 5.79. The van der Waals surface area contributed by atoms with Gasteiger partial charge in [-0.1, -0.05) is 62.4 Å². The zero-order valence-corrected chi connectivity index (χ0v) is 19.2. The molecule has 2 saturated carbocycles. The normalized spacial score (nSPS) is 28.6. The lowest BCUT2D eigenvalue weighted by molar-refractivity contribution is -0.129. The number of nitrogens with zero attached hydrogens (tertiary/aromatic N) is 1. The number of carbonyl (C=O) groups is 1. The Hall–Kier alpha value is -1.39. The van der Waals surface area contributed by atoms with Crippen LogP contribution in [0.25, 0.3) is 0 Å². The van der Waals surface area contributed by atoms with Crippen LogP contribution in [0, 0.1) is 23.7 Å². The van der Waals surface area contributed by atoms with Gasteiger partial charge in [-0.3, -0.25) is 9.69 Å². The van der Waals surface area contributed by atoms with Crippen molar-refractivity contribution in [3.05, 3.63) is 35.9 Å². The number of amides is 1. The van der Waals surface area contributed by atoms with Gasteiger partial charge in [0.1, 0.15) is 0 Å². The van der Waals surface area contributed by atoms with Crippen molar-refractivity contribution < 1.29 is 9.90 Å². The lowest BCUT2D eigenvalue weighted by Crippen LogP contribution is -2.42. The van der Waals surface area contributed by atoms with Crippen LogP contribution in [-0.2, 0) is 11.3 Å². The summed E-state index contributed by atoms with van der Waals surface area (Å²) in [4.78, 5) is 15.3. The van der Waals surface area contributed by atoms with Gasteiger partial charge in [0.15, 0.2) is 0 Å². The summed E-state index contributed by atoms with van der Waals surface area (Å²) in [6, 6.07) is 10.7. The van der Waals surface area contributed by atoms with Gasteiger partial charge in [0, 0.05) is 19.0 Å². The van der Waals surface area contributed by atoms with Gasteiger partial charge in [0.25, 0.3) is 0 Å². The van der Waals surface area contributed by atoms with Crippen molar-refractivity contribution in [1.82, 2.24) is 10.2 Å². The van der Waals surface area contributed by atoms with Gasteiger partial charge in [-0.05, 0) is 74.9 Å². The summed E-state index contributed by atoms with van der Waals surface area (Å²) in [5, 5.41) is 13.7. The quantitative estimate of drug-likeness (QED) is 0.630. The third kappa shape index (κ3) is 6.55. The monoisotopic (exact) mass is 426 g/mol. The molecule has 2 aliphatic carbocycles. The number of aliphatic hydroxyl groups is 1. The van der Waals surface area contributed by atoms with E-state index in [2.05, 4.69) is 40.5 Å². The number of benzene rings is 1. The lowest BCUT2D eigenvalue weighted by Gasteiger charge is -2.40.